The predicted molar refractivity (Wildman–Crippen MR) is 82.3 cm³/mol. The molecular weight excluding hydrogens is 320 g/mol. The molecule has 1 aromatic heterocycles. The van der Waals surface area contributed by atoms with Crippen molar-refractivity contribution in [1.29, 1.82) is 0 Å². The summed E-state index contributed by atoms with van der Waals surface area (Å²) in [5.74, 6) is -2.11. The second-order valence-corrected chi connectivity index (χ2v) is 5.50. The number of benzene rings is 1. The van der Waals surface area contributed by atoms with Gasteiger partial charge in [0.15, 0.2) is 0 Å². The number of H-pyrrole nitrogens is 1. The number of likely N-dealkylation sites (tertiary alicyclic amines) is 1. The number of anilines is 2. The van der Waals surface area contributed by atoms with E-state index < -0.39 is 17.7 Å². The van der Waals surface area contributed by atoms with Gasteiger partial charge in [0.05, 0.1) is 17.8 Å². The highest BCUT2D eigenvalue weighted by atomic mass is 19.1. The Morgan fingerprint density at radius 2 is 1.92 bits per heavy atom. The van der Waals surface area contributed by atoms with Crippen molar-refractivity contribution in [1.82, 2.24) is 15.1 Å². The van der Waals surface area contributed by atoms with E-state index in [1.165, 1.54) is 11.1 Å². The summed E-state index contributed by atoms with van der Waals surface area (Å²) in [6.07, 6.45) is 3.54. The Bertz CT molecular complexity index is 730. The molecule has 24 heavy (non-hydrogen) atoms. The number of nitrogens with one attached hydrogen (secondary N) is 3. The van der Waals surface area contributed by atoms with Crippen molar-refractivity contribution >= 4 is 23.3 Å². The number of rotatable bonds is 3. The molecule has 1 atom stereocenters. The molecule has 0 radical (unpaired) electrons. The third-order valence-electron chi connectivity index (χ3n) is 3.73. The molecule has 3 rings (SSSR count). The van der Waals surface area contributed by atoms with E-state index in [1.54, 1.807) is 6.20 Å². The molecule has 1 aromatic carbocycles. The van der Waals surface area contributed by atoms with Gasteiger partial charge < -0.3 is 15.5 Å². The van der Waals surface area contributed by atoms with Crippen LogP contribution in [0.2, 0.25) is 0 Å². The zero-order valence-electron chi connectivity index (χ0n) is 12.6. The van der Waals surface area contributed by atoms with Crippen LogP contribution in [-0.2, 0) is 4.79 Å². The number of nitrogens with zero attached hydrogens (tertiary/aromatic N) is 2. The fourth-order valence-corrected chi connectivity index (χ4v) is 2.55. The number of hydrogen-bond donors (Lipinski definition) is 3. The molecule has 9 heteroatoms. The normalized spacial score (nSPS) is 16.9. The number of carbonyl (C=O) groups excluding carboxylic acids is 2. The van der Waals surface area contributed by atoms with Gasteiger partial charge in [-0.15, -0.1) is 0 Å². The maximum atomic E-state index is 13.1. The fraction of sp³-hybridized carbons (Fsp3) is 0.267. The lowest BCUT2D eigenvalue weighted by Crippen LogP contribution is -2.34. The van der Waals surface area contributed by atoms with E-state index in [0.717, 1.165) is 18.2 Å². The van der Waals surface area contributed by atoms with Crippen molar-refractivity contribution in [2.45, 2.75) is 6.42 Å². The highest BCUT2D eigenvalue weighted by Gasteiger charge is 2.31. The quantitative estimate of drug-likeness (QED) is 0.803. The van der Waals surface area contributed by atoms with Crippen LogP contribution < -0.4 is 10.6 Å². The molecule has 1 fully saturated rings. The van der Waals surface area contributed by atoms with Crippen LogP contribution in [0.5, 0.6) is 0 Å². The Morgan fingerprint density at radius 1 is 1.17 bits per heavy atom. The molecular formula is C15H15F2N5O2. The van der Waals surface area contributed by atoms with E-state index in [0.29, 0.717) is 18.7 Å². The topological polar surface area (TPSA) is 90.1 Å². The summed E-state index contributed by atoms with van der Waals surface area (Å²) in [5, 5.41) is 11.4. The number of carbonyl (C=O) groups is 2. The van der Waals surface area contributed by atoms with Crippen molar-refractivity contribution in [3.8, 4) is 0 Å². The van der Waals surface area contributed by atoms with Gasteiger partial charge in [-0.25, -0.2) is 13.6 Å². The van der Waals surface area contributed by atoms with Crippen molar-refractivity contribution in [3.05, 3.63) is 42.2 Å². The Kier molecular flexibility index (Phi) is 4.41. The minimum atomic E-state index is -0.774. The van der Waals surface area contributed by atoms with E-state index in [2.05, 4.69) is 20.8 Å². The first-order chi connectivity index (χ1) is 11.5. The molecule has 2 heterocycles. The molecule has 0 spiro atoms. The first-order valence-corrected chi connectivity index (χ1v) is 7.33. The smallest absolute Gasteiger partial charge is 0.321 e. The summed E-state index contributed by atoms with van der Waals surface area (Å²) in [7, 11) is 0. The van der Waals surface area contributed by atoms with Gasteiger partial charge in [0.25, 0.3) is 0 Å². The van der Waals surface area contributed by atoms with Crippen molar-refractivity contribution < 1.29 is 18.4 Å². The molecule has 0 saturated carbocycles. The first kappa shape index (κ1) is 15.9. The van der Waals surface area contributed by atoms with Crippen LogP contribution >= 0.6 is 0 Å². The molecule has 2 aromatic rings. The van der Waals surface area contributed by atoms with Crippen LogP contribution in [0.3, 0.4) is 0 Å². The highest BCUT2D eigenvalue weighted by Crippen LogP contribution is 2.20. The zero-order valence-corrected chi connectivity index (χ0v) is 12.6. The summed E-state index contributed by atoms with van der Waals surface area (Å²) in [5.41, 5.74) is 0.585. The van der Waals surface area contributed by atoms with E-state index in [4.69, 9.17) is 0 Å². The van der Waals surface area contributed by atoms with Crippen LogP contribution in [-0.4, -0.2) is 40.1 Å². The lowest BCUT2D eigenvalue weighted by atomic mass is 10.1. The summed E-state index contributed by atoms with van der Waals surface area (Å²) >= 11 is 0. The number of amides is 3. The van der Waals surface area contributed by atoms with E-state index in [-0.39, 0.29) is 24.1 Å². The van der Waals surface area contributed by atoms with Crippen molar-refractivity contribution in [3.63, 3.8) is 0 Å². The van der Waals surface area contributed by atoms with Crippen LogP contribution in [0.1, 0.15) is 6.42 Å². The van der Waals surface area contributed by atoms with Crippen molar-refractivity contribution in [2.75, 3.05) is 23.7 Å². The van der Waals surface area contributed by atoms with E-state index in [9.17, 15) is 18.4 Å². The van der Waals surface area contributed by atoms with Crippen LogP contribution in [0, 0.1) is 17.6 Å². The zero-order chi connectivity index (χ0) is 17.1. The average molecular weight is 335 g/mol. The van der Waals surface area contributed by atoms with Gasteiger partial charge in [-0.3, -0.25) is 9.89 Å². The first-order valence-electron chi connectivity index (χ1n) is 7.33. The summed E-state index contributed by atoms with van der Waals surface area (Å²) in [6.45, 7) is 0.612. The molecule has 0 bridgehead atoms. The standard InChI is InChI=1S/C15H15F2N5O2/c16-10-3-11(17)5-12(4-10)21-15(24)22-2-1-9(8-22)14(23)20-13-6-18-19-7-13/h3-7,9H,1-2,8H2,(H,18,19)(H,20,23)(H,21,24). The molecule has 1 aliphatic rings. The third-order valence-corrected chi connectivity index (χ3v) is 3.73. The molecule has 1 aliphatic heterocycles. The number of hydrogen-bond acceptors (Lipinski definition) is 3. The Balaban J connectivity index is 1.56. The van der Waals surface area contributed by atoms with E-state index in [1.807, 2.05) is 0 Å². The number of aromatic nitrogens is 2. The monoisotopic (exact) mass is 335 g/mol. The van der Waals surface area contributed by atoms with Gasteiger partial charge in [0.2, 0.25) is 5.91 Å². The maximum absolute atomic E-state index is 13.1. The lowest BCUT2D eigenvalue weighted by molar-refractivity contribution is -0.119. The SMILES string of the molecule is O=C(Nc1cn[nH]c1)C1CCN(C(=O)Nc2cc(F)cc(F)c2)C1. The molecule has 7 nitrogen and oxygen atoms in total. The van der Waals surface area contributed by atoms with Gasteiger partial charge in [-0.1, -0.05) is 0 Å². The van der Waals surface area contributed by atoms with Gasteiger partial charge in [-0.05, 0) is 18.6 Å². The number of urea groups is 1. The third kappa shape index (κ3) is 3.67. The molecule has 3 N–H and O–H groups in total. The van der Waals surface area contributed by atoms with Gasteiger partial charge in [0.1, 0.15) is 11.6 Å². The number of halogens is 2. The lowest BCUT2D eigenvalue weighted by Gasteiger charge is -2.17. The predicted octanol–water partition coefficient (Wildman–Crippen LogP) is 2.18. The molecule has 1 unspecified atom stereocenters. The second kappa shape index (κ2) is 6.65. The molecule has 3 amide bonds. The Morgan fingerprint density at radius 3 is 2.58 bits per heavy atom. The van der Waals surface area contributed by atoms with E-state index >= 15 is 0 Å². The average Bonchev–Trinajstić information content (AvgIpc) is 3.17. The van der Waals surface area contributed by atoms with Crippen LogP contribution in [0.25, 0.3) is 0 Å². The van der Waals surface area contributed by atoms with Gasteiger partial charge in [-0.2, -0.15) is 5.10 Å². The van der Waals surface area contributed by atoms with Gasteiger partial charge in [0, 0.05) is 31.0 Å². The minimum absolute atomic E-state index is 0.0313. The largest absolute Gasteiger partial charge is 0.324 e. The summed E-state index contributed by atoms with van der Waals surface area (Å²) in [4.78, 5) is 25.7. The van der Waals surface area contributed by atoms with Crippen LogP contribution in [0.15, 0.2) is 30.6 Å². The van der Waals surface area contributed by atoms with Gasteiger partial charge >= 0.3 is 6.03 Å². The summed E-state index contributed by atoms with van der Waals surface area (Å²) in [6, 6.07) is 2.28. The number of aromatic amines is 1. The Hall–Kier alpha value is -2.97. The minimum Gasteiger partial charge on any atom is -0.324 e. The second-order valence-electron chi connectivity index (χ2n) is 5.50. The fourth-order valence-electron chi connectivity index (χ4n) is 2.55. The molecule has 0 aliphatic carbocycles. The maximum Gasteiger partial charge on any atom is 0.321 e. The van der Waals surface area contributed by atoms with Crippen LogP contribution in [0.4, 0.5) is 25.0 Å². The highest BCUT2D eigenvalue weighted by molar-refractivity contribution is 5.94. The summed E-state index contributed by atoms with van der Waals surface area (Å²) < 4.78 is 26.3. The Labute approximate surface area is 136 Å². The van der Waals surface area contributed by atoms with Crippen molar-refractivity contribution in [2.24, 2.45) is 5.92 Å². The molecule has 126 valence electrons. The molecule has 1 saturated heterocycles.